The zero-order valence-electron chi connectivity index (χ0n) is 12.5. The summed E-state index contributed by atoms with van der Waals surface area (Å²) in [4.78, 5) is 23.3. The standard InChI is InChI=1S/C15H20O5S/c1-4-6-13(16)11-7-9-12(10-8-11)21(18,19)14(5-2)15(17)20-3/h7-10,14H,4-6H2,1-3H3. The van der Waals surface area contributed by atoms with Gasteiger partial charge in [0.25, 0.3) is 0 Å². The highest BCUT2D eigenvalue weighted by Crippen LogP contribution is 2.20. The van der Waals surface area contributed by atoms with E-state index in [2.05, 4.69) is 4.74 Å². The molecule has 0 saturated heterocycles. The molecule has 0 bridgehead atoms. The Morgan fingerprint density at radius 3 is 2.14 bits per heavy atom. The topological polar surface area (TPSA) is 77.5 Å². The fourth-order valence-corrected chi connectivity index (χ4v) is 3.64. The second-order valence-corrected chi connectivity index (χ2v) is 6.79. The van der Waals surface area contributed by atoms with Gasteiger partial charge in [-0.25, -0.2) is 8.42 Å². The normalized spacial score (nSPS) is 12.7. The van der Waals surface area contributed by atoms with E-state index in [1.165, 1.54) is 24.3 Å². The lowest BCUT2D eigenvalue weighted by Gasteiger charge is -2.13. The SMILES string of the molecule is CCCC(=O)c1ccc(S(=O)(=O)C(CC)C(=O)OC)cc1. The Bertz CT molecular complexity index is 601. The van der Waals surface area contributed by atoms with Crippen molar-refractivity contribution in [1.82, 2.24) is 0 Å². The highest BCUT2D eigenvalue weighted by Gasteiger charge is 2.33. The molecule has 0 saturated carbocycles. The van der Waals surface area contributed by atoms with Crippen molar-refractivity contribution in [3.8, 4) is 0 Å². The second-order valence-electron chi connectivity index (χ2n) is 4.66. The minimum Gasteiger partial charge on any atom is -0.468 e. The molecule has 0 heterocycles. The van der Waals surface area contributed by atoms with Crippen molar-refractivity contribution in [3.05, 3.63) is 29.8 Å². The number of Topliss-reactive ketones (excluding diaryl/α,β-unsaturated/α-hetero) is 1. The van der Waals surface area contributed by atoms with Gasteiger partial charge in [0.15, 0.2) is 20.9 Å². The van der Waals surface area contributed by atoms with Gasteiger partial charge in [0.2, 0.25) is 0 Å². The summed E-state index contributed by atoms with van der Waals surface area (Å²) < 4.78 is 29.3. The number of sulfone groups is 1. The zero-order chi connectivity index (χ0) is 16.0. The van der Waals surface area contributed by atoms with Crippen molar-refractivity contribution in [2.45, 2.75) is 43.3 Å². The molecule has 1 aromatic carbocycles. The van der Waals surface area contributed by atoms with E-state index in [-0.39, 0.29) is 17.1 Å². The molecular weight excluding hydrogens is 292 g/mol. The molecule has 0 radical (unpaired) electrons. The molecule has 116 valence electrons. The maximum atomic E-state index is 12.4. The van der Waals surface area contributed by atoms with Crippen LogP contribution in [0.1, 0.15) is 43.5 Å². The van der Waals surface area contributed by atoms with Crippen LogP contribution >= 0.6 is 0 Å². The summed E-state index contributed by atoms with van der Waals surface area (Å²) in [6, 6.07) is 5.69. The van der Waals surface area contributed by atoms with Crippen LogP contribution in [0.2, 0.25) is 0 Å². The average molecular weight is 312 g/mol. The van der Waals surface area contributed by atoms with Crippen LogP contribution in [0.25, 0.3) is 0 Å². The molecule has 0 N–H and O–H groups in total. The van der Waals surface area contributed by atoms with E-state index in [0.29, 0.717) is 12.0 Å². The summed E-state index contributed by atoms with van der Waals surface area (Å²) in [6.45, 7) is 3.51. The van der Waals surface area contributed by atoms with Crippen molar-refractivity contribution >= 4 is 21.6 Å². The summed E-state index contributed by atoms with van der Waals surface area (Å²) in [6.07, 6.45) is 1.29. The number of esters is 1. The first-order valence-corrected chi connectivity index (χ1v) is 8.38. The van der Waals surface area contributed by atoms with Gasteiger partial charge in [-0.2, -0.15) is 0 Å². The minimum atomic E-state index is -3.80. The summed E-state index contributed by atoms with van der Waals surface area (Å²) >= 11 is 0. The Kier molecular flexibility index (Phi) is 6.08. The van der Waals surface area contributed by atoms with Crippen LogP contribution in [0.4, 0.5) is 0 Å². The van der Waals surface area contributed by atoms with Crippen molar-refractivity contribution in [3.63, 3.8) is 0 Å². The first kappa shape index (κ1) is 17.4. The van der Waals surface area contributed by atoms with Gasteiger partial charge in [0.05, 0.1) is 12.0 Å². The molecule has 0 amide bonds. The number of rotatable bonds is 7. The Morgan fingerprint density at radius 2 is 1.71 bits per heavy atom. The lowest BCUT2D eigenvalue weighted by atomic mass is 10.1. The minimum absolute atomic E-state index is 0.0211. The van der Waals surface area contributed by atoms with Gasteiger partial charge in [-0.3, -0.25) is 9.59 Å². The number of benzene rings is 1. The number of carbonyl (C=O) groups excluding carboxylic acids is 2. The largest absolute Gasteiger partial charge is 0.468 e. The lowest BCUT2D eigenvalue weighted by Crippen LogP contribution is -2.30. The van der Waals surface area contributed by atoms with Crippen LogP contribution in [-0.4, -0.2) is 32.5 Å². The third-order valence-electron chi connectivity index (χ3n) is 3.19. The number of carbonyl (C=O) groups is 2. The summed E-state index contributed by atoms with van der Waals surface area (Å²) in [5.41, 5.74) is 0.474. The third kappa shape index (κ3) is 3.91. The Morgan fingerprint density at radius 1 is 1.14 bits per heavy atom. The maximum absolute atomic E-state index is 12.4. The van der Waals surface area contributed by atoms with Crippen molar-refractivity contribution in [2.75, 3.05) is 7.11 Å². The van der Waals surface area contributed by atoms with Crippen LogP contribution in [-0.2, 0) is 19.4 Å². The van der Waals surface area contributed by atoms with E-state index in [4.69, 9.17) is 0 Å². The van der Waals surface area contributed by atoms with E-state index >= 15 is 0 Å². The number of ether oxygens (including phenoxy) is 1. The summed E-state index contributed by atoms with van der Waals surface area (Å²) in [7, 11) is -2.64. The summed E-state index contributed by atoms with van der Waals surface area (Å²) in [5, 5.41) is -1.22. The molecule has 0 aliphatic heterocycles. The second kappa shape index (κ2) is 7.36. The molecule has 21 heavy (non-hydrogen) atoms. The number of methoxy groups -OCH3 is 1. The predicted octanol–water partition coefficient (Wildman–Crippen LogP) is 2.39. The van der Waals surface area contributed by atoms with Gasteiger partial charge in [0, 0.05) is 12.0 Å². The molecule has 1 rings (SSSR count). The molecule has 1 unspecified atom stereocenters. The monoisotopic (exact) mass is 312 g/mol. The summed E-state index contributed by atoms with van der Waals surface area (Å²) in [5.74, 6) is -0.801. The highest BCUT2D eigenvalue weighted by molar-refractivity contribution is 7.92. The van der Waals surface area contributed by atoms with E-state index < -0.39 is 21.1 Å². The van der Waals surface area contributed by atoms with E-state index in [9.17, 15) is 18.0 Å². The smallest absolute Gasteiger partial charge is 0.324 e. The van der Waals surface area contributed by atoms with Crippen LogP contribution in [0.5, 0.6) is 0 Å². The number of hydrogen-bond donors (Lipinski definition) is 0. The van der Waals surface area contributed by atoms with E-state index in [1.54, 1.807) is 6.92 Å². The van der Waals surface area contributed by atoms with Gasteiger partial charge in [0.1, 0.15) is 0 Å². The number of ketones is 1. The Balaban J connectivity index is 3.10. The third-order valence-corrected chi connectivity index (χ3v) is 5.40. The van der Waals surface area contributed by atoms with Crippen molar-refractivity contribution in [2.24, 2.45) is 0 Å². The molecule has 1 aromatic rings. The molecule has 0 aliphatic rings. The first-order valence-electron chi connectivity index (χ1n) is 6.83. The van der Waals surface area contributed by atoms with Gasteiger partial charge in [-0.05, 0) is 25.0 Å². The highest BCUT2D eigenvalue weighted by atomic mass is 32.2. The van der Waals surface area contributed by atoms with Crippen LogP contribution in [0.15, 0.2) is 29.2 Å². The van der Waals surface area contributed by atoms with E-state index in [0.717, 1.165) is 13.5 Å². The first-order chi connectivity index (χ1) is 9.88. The fraction of sp³-hybridized carbons (Fsp3) is 0.467. The zero-order valence-corrected chi connectivity index (χ0v) is 13.3. The van der Waals surface area contributed by atoms with Gasteiger partial charge in [-0.15, -0.1) is 0 Å². The maximum Gasteiger partial charge on any atom is 0.324 e. The van der Waals surface area contributed by atoms with Gasteiger partial charge >= 0.3 is 5.97 Å². The van der Waals surface area contributed by atoms with Gasteiger partial charge in [-0.1, -0.05) is 26.0 Å². The van der Waals surface area contributed by atoms with Crippen LogP contribution in [0.3, 0.4) is 0 Å². The average Bonchev–Trinajstić information content (AvgIpc) is 2.47. The molecule has 0 aliphatic carbocycles. The molecule has 0 spiro atoms. The molecular formula is C15H20O5S. The lowest BCUT2D eigenvalue weighted by molar-refractivity contribution is -0.140. The molecule has 0 aromatic heterocycles. The van der Waals surface area contributed by atoms with Crippen molar-refractivity contribution < 1.29 is 22.7 Å². The molecule has 1 atom stereocenters. The van der Waals surface area contributed by atoms with E-state index in [1.807, 2.05) is 6.92 Å². The van der Waals surface area contributed by atoms with Crippen LogP contribution in [0, 0.1) is 0 Å². The van der Waals surface area contributed by atoms with Crippen molar-refractivity contribution in [1.29, 1.82) is 0 Å². The predicted molar refractivity (Wildman–Crippen MR) is 79.0 cm³/mol. The van der Waals surface area contributed by atoms with Gasteiger partial charge < -0.3 is 4.74 Å². The molecule has 0 fully saturated rings. The Labute approximate surface area is 125 Å². The quantitative estimate of drug-likeness (QED) is 0.570. The molecule has 5 nitrogen and oxygen atoms in total. The van der Waals surface area contributed by atoms with Crippen LogP contribution < -0.4 is 0 Å². The number of hydrogen-bond acceptors (Lipinski definition) is 5. The molecule has 6 heteroatoms. The fourth-order valence-electron chi connectivity index (χ4n) is 2.01. The Hall–Kier alpha value is -1.69.